The number of benzene rings is 2. The second-order valence-electron chi connectivity index (χ2n) is 7.39. The highest BCUT2D eigenvalue weighted by molar-refractivity contribution is 5.91. The van der Waals surface area contributed by atoms with Gasteiger partial charge in [0.25, 0.3) is 5.91 Å². The van der Waals surface area contributed by atoms with E-state index in [2.05, 4.69) is 16.0 Å². The van der Waals surface area contributed by atoms with Crippen LogP contribution in [0.25, 0.3) is 0 Å². The van der Waals surface area contributed by atoms with E-state index in [4.69, 9.17) is 4.74 Å². The number of anilines is 1. The third-order valence-corrected chi connectivity index (χ3v) is 4.93. The van der Waals surface area contributed by atoms with E-state index in [1.807, 2.05) is 55.5 Å². The fourth-order valence-electron chi connectivity index (χ4n) is 3.35. The normalized spacial score (nSPS) is 15.6. The number of carbonyl (C=O) groups is 2. The molecule has 2 amide bonds. The van der Waals surface area contributed by atoms with E-state index >= 15 is 0 Å². The van der Waals surface area contributed by atoms with Gasteiger partial charge in [-0.3, -0.25) is 9.59 Å². The van der Waals surface area contributed by atoms with Crippen molar-refractivity contribution in [3.63, 3.8) is 0 Å². The molecule has 1 aliphatic heterocycles. The number of nitrogens with one attached hydrogen (secondary N) is 3. The number of halogens is 1. The molecule has 7 heteroatoms. The van der Waals surface area contributed by atoms with Crippen molar-refractivity contribution in [3.05, 3.63) is 59.7 Å². The largest absolute Gasteiger partial charge is 0.484 e. The van der Waals surface area contributed by atoms with Crippen LogP contribution in [0.1, 0.15) is 30.4 Å². The number of hydrogen-bond donors (Lipinski definition) is 3. The molecule has 3 N–H and O–H groups in total. The lowest BCUT2D eigenvalue weighted by Gasteiger charge is -2.22. The van der Waals surface area contributed by atoms with Gasteiger partial charge in [-0.2, -0.15) is 0 Å². The highest BCUT2D eigenvalue weighted by Crippen LogP contribution is 2.14. The summed E-state index contributed by atoms with van der Waals surface area (Å²) in [5.41, 5.74) is 2.96. The molecule has 6 nitrogen and oxygen atoms in total. The van der Waals surface area contributed by atoms with Crippen LogP contribution in [0.5, 0.6) is 5.75 Å². The molecule has 30 heavy (non-hydrogen) atoms. The summed E-state index contributed by atoms with van der Waals surface area (Å²) in [7, 11) is 0. The van der Waals surface area contributed by atoms with Crippen LogP contribution in [0.3, 0.4) is 0 Å². The van der Waals surface area contributed by atoms with Gasteiger partial charge < -0.3 is 20.7 Å². The summed E-state index contributed by atoms with van der Waals surface area (Å²) in [5.74, 6) is 0.534. The molecule has 1 heterocycles. The zero-order valence-corrected chi connectivity index (χ0v) is 18.1. The van der Waals surface area contributed by atoms with Crippen LogP contribution in [-0.4, -0.2) is 37.6 Å². The highest BCUT2D eigenvalue weighted by atomic mass is 35.5. The molecule has 0 radical (unpaired) electrons. The van der Waals surface area contributed by atoms with Crippen molar-refractivity contribution in [1.29, 1.82) is 0 Å². The highest BCUT2D eigenvalue weighted by Gasteiger charge is 2.19. The molecule has 0 bridgehead atoms. The van der Waals surface area contributed by atoms with E-state index in [1.165, 1.54) is 0 Å². The summed E-state index contributed by atoms with van der Waals surface area (Å²) in [5, 5.41) is 9.07. The number of ether oxygens (including phenoxy) is 1. The monoisotopic (exact) mass is 431 g/mol. The minimum Gasteiger partial charge on any atom is -0.484 e. The van der Waals surface area contributed by atoms with Crippen molar-refractivity contribution in [2.24, 2.45) is 0 Å². The summed E-state index contributed by atoms with van der Waals surface area (Å²) in [6.07, 6.45) is 3.92. The predicted octanol–water partition coefficient (Wildman–Crippen LogP) is 3.24. The van der Waals surface area contributed by atoms with Gasteiger partial charge in [-0.1, -0.05) is 30.7 Å². The van der Waals surface area contributed by atoms with Gasteiger partial charge in [0, 0.05) is 12.2 Å². The van der Waals surface area contributed by atoms with Crippen molar-refractivity contribution in [2.75, 3.05) is 25.0 Å². The summed E-state index contributed by atoms with van der Waals surface area (Å²) < 4.78 is 5.56. The number of rotatable bonds is 8. The summed E-state index contributed by atoms with van der Waals surface area (Å²) in [4.78, 5) is 24.1. The lowest BCUT2D eigenvalue weighted by molar-refractivity contribution is -0.123. The molecule has 3 rings (SSSR count). The van der Waals surface area contributed by atoms with Gasteiger partial charge >= 0.3 is 0 Å². The van der Waals surface area contributed by atoms with Crippen LogP contribution in [-0.2, 0) is 16.0 Å². The third kappa shape index (κ3) is 7.69. The van der Waals surface area contributed by atoms with Crippen LogP contribution in [0.15, 0.2) is 48.5 Å². The van der Waals surface area contributed by atoms with Gasteiger partial charge in [-0.15, -0.1) is 12.4 Å². The number of aryl methyl sites for hydroxylation is 1. The Balaban J connectivity index is 0.00000320. The fraction of sp³-hybridized carbons (Fsp3) is 0.391. The molecule has 1 fully saturated rings. The molecule has 0 saturated carbocycles. The number of hydrogen-bond acceptors (Lipinski definition) is 4. The molecule has 162 valence electrons. The van der Waals surface area contributed by atoms with Crippen molar-refractivity contribution in [2.45, 2.75) is 38.6 Å². The van der Waals surface area contributed by atoms with Gasteiger partial charge in [0.05, 0.1) is 6.04 Å². The van der Waals surface area contributed by atoms with Crippen molar-refractivity contribution in [1.82, 2.24) is 10.6 Å². The number of carbonyl (C=O) groups excluding carboxylic acids is 2. The Hall–Kier alpha value is -2.57. The van der Waals surface area contributed by atoms with E-state index in [0.29, 0.717) is 12.3 Å². The standard InChI is InChI=1S/C23H29N3O3.ClH/c1-17-5-4-6-19(15-17)26-22(27)16-29-20-10-8-18(9-11-20)12-14-25-23(28)21-7-2-3-13-24-21;/h4-6,8-11,15,21,24H,2-3,7,12-14,16H2,1H3,(H,25,28)(H,26,27);1H. The smallest absolute Gasteiger partial charge is 0.262 e. The quantitative estimate of drug-likeness (QED) is 0.599. The van der Waals surface area contributed by atoms with E-state index in [9.17, 15) is 9.59 Å². The number of piperidine rings is 1. The molecule has 2 aromatic carbocycles. The van der Waals surface area contributed by atoms with E-state index in [-0.39, 0.29) is 36.9 Å². The van der Waals surface area contributed by atoms with Gasteiger partial charge in [0.15, 0.2) is 6.61 Å². The molecule has 1 aliphatic rings. The minimum absolute atomic E-state index is 0. The Morgan fingerprint density at radius 1 is 1.13 bits per heavy atom. The SMILES string of the molecule is Cc1cccc(NC(=O)COc2ccc(CCNC(=O)C3CCCCN3)cc2)c1.Cl. The molecule has 1 atom stereocenters. The first kappa shape index (κ1) is 23.7. The summed E-state index contributed by atoms with van der Waals surface area (Å²) in [6, 6.07) is 15.2. The average molecular weight is 432 g/mol. The molecule has 0 aliphatic carbocycles. The lowest BCUT2D eigenvalue weighted by atomic mass is 10.0. The molecule has 0 aromatic heterocycles. The maximum Gasteiger partial charge on any atom is 0.262 e. The van der Waals surface area contributed by atoms with Crippen LogP contribution in [0.2, 0.25) is 0 Å². The predicted molar refractivity (Wildman–Crippen MR) is 121 cm³/mol. The van der Waals surface area contributed by atoms with Gasteiger partial charge in [-0.05, 0) is 68.1 Å². The topological polar surface area (TPSA) is 79.5 Å². The number of amides is 2. The molecule has 2 aromatic rings. The zero-order valence-electron chi connectivity index (χ0n) is 17.3. The maximum atomic E-state index is 12.1. The molecule has 1 saturated heterocycles. The van der Waals surface area contributed by atoms with Crippen LogP contribution < -0.4 is 20.7 Å². The third-order valence-electron chi connectivity index (χ3n) is 4.93. The minimum atomic E-state index is -0.196. The molecular formula is C23H30ClN3O3. The van der Waals surface area contributed by atoms with Crippen LogP contribution in [0.4, 0.5) is 5.69 Å². The summed E-state index contributed by atoms with van der Waals surface area (Å²) in [6.45, 7) is 3.46. The van der Waals surface area contributed by atoms with E-state index < -0.39 is 0 Å². The van der Waals surface area contributed by atoms with Gasteiger partial charge in [-0.25, -0.2) is 0 Å². The molecule has 0 spiro atoms. The molecular weight excluding hydrogens is 402 g/mol. The molecule has 1 unspecified atom stereocenters. The zero-order chi connectivity index (χ0) is 20.5. The Kier molecular flexibility index (Phi) is 9.64. The van der Waals surface area contributed by atoms with Crippen molar-refractivity contribution in [3.8, 4) is 5.75 Å². The lowest BCUT2D eigenvalue weighted by Crippen LogP contribution is -2.47. The Morgan fingerprint density at radius 2 is 1.93 bits per heavy atom. The first-order valence-corrected chi connectivity index (χ1v) is 10.2. The van der Waals surface area contributed by atoms with Gasteiger partial charge in [0.2, 0.25) is 5.91 Å². The average Bonchev–Trinajstić information content (AvgIpc) is 2.74. The Bertz CT molecular complexity index is 821. The maximum absolute atomic E-state index is 12.1. The van der Waals surface area contributed by atoms with Crippen LogP contribution >= 0.6 is 12.4 Å². The second kappa shape index (κ2) is 12.2. The van der Waals surface area contributed by atoms with Gasteiger partial charge in [0.1, 0.15) is 5.75 Å². The first-order chi connectivity index (χ1) is 14.1. The van der Waals surface area contributed by atoms with Crippen LogP contribution in [0, 0.1) is 6.92 Å². The van der Waals surface area contributed by atoms with E-state index in [0.717, 1.165) is 49.0 Å². The second-order valence-corrected chi connectivity index (χ2v) is 7.39. The van der Waals surface area contributed by atoms with E-state index in [1.54, 1.807) is 0 Å². The first-order valence-electron chi connectivity index (χ1n) is 10.2. The van der Waals surface area contributed by atoms with Crippen molar-refractivity contribution >= 4 is 29.9 Å². The Labute approximate surface area is 184 Å². The summed E-state index contributed by atoms with van der Waals surface area (Å²) >= 11 is 0. The fourth-order valence-corrected chi connectivity index (χ4v) is 3.35. The van der Waals surface area contributed by atoms with Crippen molar-refractivity contribution < 1.29 is 14.3 Å². The Morgan fingerprint density at radius 3 is 2.63 bits per heavy atom.